The monoisotopic (exact) mass is 344 g/mol. The third-order valence-electron chi connectivity index (χ3n) is 3.17. The van der Waals surface area contributed by atoms with E-state index in [0.29, 0.717) is 12.1 Å². The molecular weight excluding hydrogens is 332 g/mol. The summed E-state index contributed by atoms with van der Waals surface area (Å²) < 4.78 is 76.3. The molecule has 1 rings (SSSR count). The average molecular weight is 344 g/mol. The topological polar surface area (TPSA) is 63.6 Å². The number of anilines is 1. The van der Waals surface area contributed by atoms with Crippen LogP contribution in [0.15, 0.2) is 24.3 Å². The smallest absolute Gasteiger partial charge is 0.430 e. The highest BCUT2D eigenvalue weighted by atomic mass is 19.4. The molecule has 0 unspecified atom stereocenters. The van der Waals surface area contributed by atoms with Crippen LogP contribution in [0.2, 0.25) is 0 Å². The Morgan fingerprint density at radius 3 is 1.83 bits per heavy atom. The second-order valence-electron chi connectivity index (χ2n) is 4.64. The van der Waals surface area contributed by atoms with Gasteiger partial charge in [-0.15, -0.1) is 0 Å². The van der Waals surface area contributed by atoms with Crippen molar-refractivity contribution in [3.8, 4) is 0 Å². The summed E-state index contributed by atoms with van der Waals surface area (Å²) in [6.45, 7) is 1.09. The first kappa shape index (κ1) is 19.1. The van der Waals surface area contributed by atoms with Gasteiger partial charge in [-0.3, -0.25) is 0 Å². The van der Waals surface area contributed by atoms with Gasteiger partial charge < -0.3 is 19.9 Å². The minimum Gasteiger partial charge on any atom is -0.548 e. The largest absolute Gasteiger partial charge is 0.548 e. The molecular formula is C13H12F6NO3-. The van der Waals surface area contributed by atoms with Crippen LogP contribution in [0.5, 0.6) is 0 Å². The minimum absolute atomic E-state index is 0.0761. The van der Waals surface area contributed by atoms with Crippen molar-refractivity contribution in [3.05, 3.63) is 29.8 Å². The van der Waals surface area contributed by atoms with Crippen molar-refractivity contribution in [1.82, 2.24) is 0 Å². The lowest BCUT2D eigenvalue weighted by atomic mass is 9.92. The van der Waals surface area contributed by atoms with Gasteiger partial charge in [-0.25, -0.2) is 0 Å². The molecule has 0 amide bonds. The first-order chi connectivity index (χ1) is 10.3. The van der Waals surface area contributed by atoms with Gasteiger partial charge in [0.15, 0.2) is 0 Å². The zero-order valence-corrected chi connectivity index (χ0v) is 11.7. The number of aliphatic carboxylic acids is 1. The summed E-state index contributed by atoms with van der Waals surface area (Å²) in [5, 5.41) is 19.8. The molecule has 0 heterocycles. The molecule has 1 aromatic carbocycles. The predicted octanol–water partition coefficient (Wildman–Crippen LogP) is 1.57. The third-order valence-corrected chi connectivity index (χ3v) is 3.17. The molecule has 0 saturated heterocycles. The van der Waals surface area contributed by atoms with E-state index in [2.05, 4.69) is 0 Å². The molecule has 1 N–H and O–H groups in total. The van der Waals surface area contributed by atoms with Gasteiger partial charge in [-0.05, 0) is 19.1 Å². The molecule has 0 fully saturated rings. The summed E-state index contributed by atoms with van der Waals surface area (Å²) in [6, 6.07) is 2.64. The van der Waals surface area contributed by atoms with Crippen molar-refractivity contribution in [3.63, 3.8) is 0 Å². The molecule has 1 aromatic rings. The second kappa shape index (κ2) is 6.26. The summed E-state index contributed by atoms with van der Waals surface area (Å²) in [5.74, 6) is -1.46. The number of carboxylic acids is 1. The van der Waals surface area contributed by atoms with Crippen molar-refractivity contribution in [2.75, 3.05) is 18.0 Å². The molecule has 0 spiro atoms. The van der Waals surface area contributed by atoms with Crippen LogP contribution in [0.1, 0.15) is 12.5 Å². The highest BCUT2D eigenvalue weighted by Crippen LogP contribution is 2.50. The van der Waals surface area contributed by atoms with E-state index >= 15 is 0 Å². The number of rotatable bonds is 5. The van der Waals surface area contributed by atoms with Crippen molar-refractivity contribution >= 4 is 11.7 Å². The zero-order chi connectivity index (χ0) is 18.1. The molecule has 4 nitrogen and oxygen atoms in total. The van der Waals surface area contributed by atoms with E-state index in [4.69, 9.17) is 0 Å². The van der Waals surface area contributed by atoms with E-state index < -0.39 is 36.0 Å². The minimum atomic E-state index is -5.97. The summed E-state index contributed by atoms with van der Waals surface area (Å²) >= 11 is 0. The molecule has 0 bridgehead atoms. The number of likely N-dealkylation sites (N-methyl/N-ethyl adjacent to an activating group) is 1. The molecule has 0 atom stereocenters. The Morgan fingerprint density at radius 2 is 1.52 bits per heavy atom. The van der Waals surface area contributed by atoms with E-state index in [1.807, 2.05) is 0 Å². The molecule has 130 valence electrons. The third kappa shape index (κ3) is 3.69. The van der Waals surface area contributed by atoms with Crippen LogP contribution >= 0.6 is 0 Å². The lowest BCUT2D eigenvalue weighted by Gasteiger charge is -2.33. The maximum absolute atomic E-state index is 12.7. The van der Waals surface area contributed by atoms with E-state index in [1.165, 1.54) is 4.90 Å². The number of carboxylic acid groups (broad SMARTS) is 1. The highest BCUT2D eigenvalue weighted by molar-refractivity contribution is 5.71. The van der Waals surface area contributed by atoms with Crippen LogP contribution in [0.3, 0.4) is 0 Å². The van der Waals surface area contributed by atoms with E-state index in [1.54, 1.807) is 6.92 Å². The number of alkyl halides is 6. The van der Waals surface area contributed by atoms with Crippen molar-refractivity contribution in [2.45, 2.75) is 24.9 Å². The van der Waals surface area contributed by atoms with Gasteiger partial charge >= 0.3 is 12.4 Å². The Kier molecular flexibility index (Phi) is 5.20. The second-order valence-corrected chi connectivity index (χ2v) is 4.64. The maximum atomic E-state index is 12.7. The van der Waals surface area contributed by atoms with Crippen LogP contribution < -0.4 is 10.0 Å². The molecule has 0 saturated carbocycles. The number of hydrogen-bond acceptors (Lipinski definition) is 4. The van der Waals surface area contributed by atoms with Crippen LogP contribution in [0.4, 0.5) is 32.0 Å². The Balaban J connectivity index is 3.27. The van der Waals surface area contributed by atoms with Gasteiger partial charge in [0.2, 0.25) is 0 Å². The first-order valence-corrected chi connectivity index (χ1v) is 6.25. The van der Waals surface area contributed by atoms with Gasteiger partial charge in [0.05, 0.1) is 12.5 Å². The lowest BCUT2D eigenvalue weighted by molar-refractivity contribution is -0.376. The lowest BCUT2D eigenvalue weighted by Crippen LogP contribution is -2.53. The van der Waals surface area contributed by atoms with Gasteiger partial charge in [0.25, 0.3) is 5.60 Å². The molecule has 0 aliphatic rings. The molecule has 10 heteroatoms. The Bertz CT molecular complexity index is 538. The Morgan fingerprint density at radius 1 is 1.09 bits per heavy atom. The molecule has 23 heavy (non-hydrogen) atoms. The number of halogens is 6. The predicted molar refractivity (Wildman–Crippen MR) is 65.3 cm³/mol. The van der Waals surface area contributed by atoms with Gasteiger partial charge in [0.1, 0.15) is 0 Å². The van der Waals surface area contributed by atoms with Crippen molar-refractivity contribution in [1.29, 1.82) is 0 Å². The number of aliphatic hydroxyl groups is 1. The van der Waals surface area contributed by atoms with Crippen LogP contribution in [0, 0.1) is 0 Å². The highest BCUT2D eigenvalue weighted by Gasteiger charge is 2.71. The molecule has 0 radical (unpaired) electrons. The normalized spacial score (nSPS) is 13.0. The summed E-state index contributed by atoms with van der Waals surface area (Å²) in [5.41, 5.74) is -6.35. The van der Waals surface area contributed by atoms with Gasteiger partial charge in [-0.1, -0.05) is 12.1 Å². The fraction of sp³-hybridized carbons (Fsp3) is 0.462. The Hall–Kier alpha value is -1.97. The summed E-state index contributed by atoms with van der Waals surface area (Å²) in [6.07, 6.45) is -11.9. The van der Waals surface area contributed by atoms with Crippen LogP contribution in [-0.4, -0.2) is 36.5 Å². The summed E-state index contributed by atoms with van der Waals surface area (Å²) in [7, 11) is 0. The molecule has 0 aliphatic carbocycles. The molecule has 0 aliphatic heterocycles. The number of hydrogen-bond donors (Lipinski definition) is 1. The van der Waals surface area contributed by atoms with E-state index in [9.17, 15) is 41.4 Å². The first-order valence-electron chi connectivity index (χ1n) is 6.25. The van der Waals surface area contributed by atoms with Crippen LogP contribution in [0.25, 0.3) is 0 Å². The fourth-order valence-electron chi connectivity index (χ4n) is 1.94. The van der Waals surface area contributed by atoms with Gasteiger partial charge in [0, 0.05) is 17.8 Å². The quantitative estimate of drug-likeness (QED) is 0.824. The fourth-order valence-corrected chi connectivity index (χ4v) is 1.94. The molecule has 0 aromatic heterocycles. The van der Waals surface area contributed by atoms with Gasteiger partial charge in [-0.2, -0.15) is 26.3 Å². The maximum Gasteiger partial charge on any atom is 0.430 e. The SMILES string of the molecule is CCN(CC(=O)[O-])c1ccc(C(O)(C(F)(F)F)C(F)(F)F)cc1. The van der Waals surface area contributed by atoms with E-state index in [-0.39, 0.29) is 12.2 Å². The van der Waals surface area contributed by atoms with Crippen LogP contribution in [-0.2, 0) is 10.4 Å². The number of carbonyl (C=O) groups excluding carboxylic acids is 1. The standard InChI is InChI=1S/C13H13F6NO3/c1-2-20(7-10(21)22)9-5-3-8(4-6-9)11(23,12(14,15)16)13(17,18)19/h3-6,23H,2,7H2,1H3,(H,21,22)/p-1. The van der Waals surface area contributed by atoms with Crippen molar-refractivity contribution in [2.24, 2.45) is 0 Å². The average Bonchev–Trinajstić information content (AvgIpc) is 2.41. The van der Waals surface area contributed by atoms with Crippen molar-refractivity contribution < 1.29 is 41.4 Å². The Labute approximate surface area is 126 Å². The number of carbonyl (C=O) groups is 1. The number of benzene rings is 1. The number of nitrogens with zero attached hydrogens (tertiary/aromatic N) is 1. The van der Waals surface area contributed by atoms with E-state index in [0.717, 1.165) is 12.1 Å². The zero-order valence-electron chi connectivity index (χ0n) is 11.7. The summed E-state index contributed by atoms with van der Waals surface area (Å²) in [4.78, 5) is 11.7.